The molecule has 0 N–H and O–H groups in total. The number of furan rings is 1. The van der Waals surface area contributed by atoms with Gasteiger partial charge in [-0.2, -0.15) is 0 Å². The van der Waals surface area contributed by atoms with E-state index in [0.29, 0.717) is 0 Å². The number of nitrogens with zero attached hydrogens (tertiary/aromatic N) is 2. The summed E-state index contributed by atoms with van der Waals surface area (Å²) in [7, 11) is 0. The number of para-hydroxylation sites is 1. The van der Waals surface area contributed by atoms with Gasteiger partial charge in [-0.3, -0.25) is 0 Å². The summed E-state index contributed by atoms with van der Waals surface area (Å²) in [5.74, 6) is 0. The standard InChI is InChI=1S/C52H36N2O/c1-33-19-28-49-45(31-33)46-32-34(2)20-29-50(46)54(49)37-23-21-36(22-24-37)53(48-30-27-38(35-11-4-3-5-12-35)39-13-6-7-14-40(39)48)47-17-10-16-43-41(47)25-26-44-42-15-8-9-18-51(42)55-52(43)44/h3-32H,1-2H3. The Bertz CT molecular complexity index is 3220. The van der Waals surface area contributed by atoms with E-state index in [-0.39, 0.29) is 0 Å². The molecule has 11 aromatic rings. The lowest BCUT2D eigenvalue weighted by atomic mass is 9.96. The summed E-state index contributed by atoms with van der Waals surface area (Å²) in [6, 6.07) is 66.1. The molecule has 9 aromatic carbocycles. The van der Waals surface area contributed by atoms with E-state index in [1.54, 1.807) is 0 Å². The van der Waals surface area contributed by atoms with Gasteiger partial charge in [-0.15, -0.1) is 0 Å². The molecule has 0 bridgehead atoms. The molecule has 0 atom stereocenters. The molecule has 0 saturated carbocycles. The summed E-state index contributed by atoms with van der Waals surface area (Å²) in [4.78, 5) is 2.43. The molecule has 2 aromatic heterocycles. The van der Waals surface area contributed by atoms with Crippen LogP contribution in [-0.2, 0) is 0 Å². The minimum absolute atomic E-state index is 0.903. The van der Waals surface area contributed by atoms with Gasteiger partial charge < -0.3 is 13.9 Å². The van der Waals surface area contributed by atoms with E-state index in [2.05, 4.69) is 199 Å². The van der Waals surface area contributed by atoms with Crippen molar-refractivity contribution < 1.29 is 4.42 Å². The lowest BCUT2D eigenvalue weighted by Crippen LogP contribution is -2.11. The van der Waals surface area contributed by atoms with Crippen LogP contribution in [-0.4, -0.2) is 4.57 Å². The first kappa shape index (κ1) is 31.4. The maximum absolute atomic E-state index is 6.57. The number of fused-ring (bicyclic) bond motifs is 9. The Balaban J connectivity index is 1.15. The number of aryl methyl sites for hydroxylation is 2. The minimum atomic E-state index is 0.903. The molecular weight excluding hydrogens is 669 g/mol. The lowest BCUT2D eigenvalue weighted by Gasteiger charge is -2.29. The van der Waals surface area contributed by atoms with Crippen molar-refractivity contribution in [2.45, 2.75) is 13.8 Å². The molecule has 3 nitrogen and oxygen atoms in total. The van der Waals surface area contributed by atoms with Gasteiger partial charge in [0.2, 0.25) is 0 Å². The monoisotopic (exact) mass is 704 g/mol. The molecule has 0 aliphatic heterocycles. The van der Waals surface area contributed by atoms with Crippen LogP contribution in [0, 0.1) is 13.8 Å². The molecular formula is C52H36N2O. The molecule has 0 unspecified atom stereocenters. The smallest absolute Gasteiger partial charge is 0.143 e. The van der Waals surface area contributed by atoms with Crippen LogP contribution in [0.25, 0.3) is 82.1 Å². The Labute approximate surface area is 318 Å². The van der Waals surface area contributed by atoms with Crippen molar-refractivity contribution in [3.05, 3.63) is 193 Å². The number of aromatic nitrogens is 1. The van der Waals surface area contributed by atoms with Crippen molar-refractivity contribution in [1.82, 2.24) is 4.57 Å². The van der Waals surface area contributed by atoms with E-state index in [4.69, 9.17) is 4.42 Å². The van der Waals surface area contributed by atoms with Crippen LogP contribution in [0.15, 0.2) is 186 Å². The van der Waals surface area contributed by atoms with Crippen LogP contribution >= 0.6 is 0 Å². The average molecular weight is 705 g/mol. The van der Waals surface area contributed by atoms with Crippen molar-refractivity contribution in [3.8, 4) is 16.8 Å². The third kappa shape index (κ3) is 4.90. The van der Waals surface area contributed by atoms with E-state index in [9.17, 15) is 0 Å². The highest BCUT2D eigenvalue weighted by Crippen LogP contribution is 2.46. The zero-order valence-corrected chi connectivity index (χ0v) is 30.6. The second-order valence-corrected chi connectivity index (χ2v) is 14.7. The van der Waals surface area contributed by atoms with Crippen molar-refractivity contribution in [1.29, 1.82) is 0 Å². The van der Waals surface area contributed by atoms with Gasteiger partial charge in [-0.05, 0) is 103 Å². The normalized spacial score (nSPS) is 11.8. The van der Waals surface area contributed by atoms with E-state index in [1.807, 2.05) is 6.07 Å². The lowest BCUT2D eigenvalue weighted by molar-refractivity contribution is 0.672. The first-order valence-electron chi connectivity index (χ1n) is 18.9. The number of anilines is 3. The molecule has 0 spiro atoms. The van der Waals surface area contributed by atoms with Gasteiger partial charge in [0.25, 0.3) is 0 Å². The molecule has 2 heterocycles. The molecule has 11 rings (SSSR count). The number of benzene rings is 9. The van der Waals surface area contributed by atoms with Crippen LogP contribution < -0.4 is 4.90 Å². The molecule has 55 heavy (non-hydrogen) atoms. The number of hydrogen-bond acceptors (Lipinski definition) is 2. The highest BCUT2D eigenvalue weighted by atomic mass is 16.3. The zero-order valence-electron chi connectivity index (χ0n) is 30.6. The Hall–Kier alpha value is -7.10. The Morgan fingerprint density at radius 3 is 1.75 bits per heavy atom. The van der Waals surface area contributed by atoms with Gasteiger partial charge in [0.05, 0.1) is 22.4 Å². The molecule has 0 saturated heterocycles. The SMILES string of the molecule is Cc1ccc2c(c1)c1cc(C)ccc1n2-c1ccc(N(c2ccc(-c3ccccc3)c3ccccc23)c2cccc3c2ccc2c4ccccc4oc32)cc1. The molecule has 0 radical (unpaired) electrons. The van der Waals surface area contributed by atoms with Crippen molar-refractivity contribution >= 4 is 82.4 Å². The van der Waals surface area contributed by atoms with Crippen LogP contribution in [0.2, 0.25) is 0 Å². The third-order valence-electron chi connectivity index (χ3n) is 11.3. The second kappa shape index (κ2) is 12.2. The summed E-state index contributed by atoms with van der Waals surface area (Å²) in [6.07, 6.45) is 0. The van der Waals surface area contributed by atoms with Gasteiger partial charge in [0, 0.05) is 49.1 Å². The summed E-state index contributed by atoms with van der Waals surface area (Å²) < 4.78 is 8.97. The van der Waals surface area contributed by atoms with Crippen LogP contribution in [0.4, 0.5) is 17.1 Å². The van der Waals surface area contributed by atoms with Gasteiger partial charge in [-0.1, -0.05) is 120 Å². The molecule has 0 aliphatic rings. The van der Waals surface area contributed by atoms with Gasteiger partial charge in [-0.25, -0.2) is 0 Å². The van der Waals surface area contributed by atoms with Gasteiger partial charge in [0.15, 0.2) is 0 Å². The molecule has 260 valence electrons. The van der Waals surface area contributed by atoms with E-state index < -0.39 is 0 Å². The fourth-order valence-electron chi connectivity index (χ4n) is 8.75. The van der Waals surface area contributed by atoms with Gasteiger partial charge in [0.1, 0.15) is 11.2 Å². The Morgan fingerprint density at radius 1 is 0.418 bits per heavy atom. The topological polar surface area (TPSA) is 21.3 Å². The van der Waals surface area contributed by atoms with E-state index >= 15 is 0 Å². The van der Waals surface area contributed by atoms with E-state index in [1.165, 1.54) is 54.8 Å². The first-order chi connectivity index (χ1) is 27.1. The van der Waals surface area contributed by atoms with Crippen molar-refractivity contribution in [3.63, 3.8) is 0 Å². The fourth-order valence-corrected chi connectivity index (χ4v) is 8.75. The predicted octanol–water partition coefficient (Wildman–Crippen LogP) is 14.7. The van der Waals surface area contributed by atoms with Gasteiger partial charge >= 0.3 is 0 Å². The molecule has 0 aliphatic carbocycles. The second-order valence-electron chi connectivity index (χ2n) is 14.7. The zero-order chi connectivity index (χ0) is 36.6. The highest BCUT2D eigenvalue weighted by molar-refractivity contribution is 6.18. The molecule has 0 amide bonds. The third-order valence-corrected chi connectivity index (χ3v) is 11.3. The van der Waals surface area contributed by atoms with Crippen molar-refractivity contribution in [2.75, 3.05) is 4.90 Å². The first-order valence-corrected chi connectivity index (χ1v) is 18.9. The summed E-state index contributed by atoms with van der Waals surface area (Å²) >= 11 is 0. The fraction of sp³-hybridized carbons (Fsp3) is 0.0385. The number of hydrogen-bond donors (Lipinski definition) is 0. The maximum Gasteiger partial charge on any atom is 0.143 e. The predicted molar refractivity (Wildman–Crippen MR) is 233 cm³/mol. The summed E-state index contributed by atoms with van der Waals surface area (Å²) in [5, 5.41) is 9.44. The number of rotatable bonds is 5. The maximum atomic E-state index is 6.57. The van der Waals surface area contributed by atoms with Crippen LogP contribution in [0.1, 0.15) is 11.1 Å². The molecule has 3 heteroatoms. The van der Waals surface area contributed by atoms with Crippen LogP contribution in [0.5, 0.6) is 0 Å². The Kier molecular flexibility index (Phi) is 6.99. The quantitative estimate of drug-likeness (QED) is 0.178. The summed E-state index contributed by atoms with van der Waals surface area (Å²) in [5.41, 5.74) is 13.6. The Morgan fingerprint density at radius 2 is 1.00 bits per heavy atom. The minimum Gasteiger partial charge on any atom is -0.455 e. The average Bonchev–Trinajstić information content (AvgIpc) is 3.77. The molecule has 0 fully saturated rings. The van der Waals surface area contributed by atoms with Crippen LogP contribution in [0.3, 0.4) is 0 Å². The van der Waals surface area contributed by atoms with Crippen molar-refractivity contribution in [2.24, 2.45) is 0 Å². The largest absolute Gasteiger partial charge is 0.455 e. The highest BCUT2D eigenvalue weighted by Gasteiger charge is 2.22. The summed E-state index contributed by atoms with van der Waals surface area (Å²) in [6.45, 7) is 4.34. The van der Waals surface area contributed by atoms with E-state index in [0.717, 1.165) is 55.5 Å².